The Bertz CT molecular complexity index is 296. The van der Waals surface area contributed by atoms with E-state index >= 15 is 0 Å². The van der Waals surface area contributed by atoms with Gasteiger partial charge in [0.15, 0.2) is 0 Å². The SMILES string of the molecule is COC1CCc2ccccc2C1O. The molecule has 2 rings (SSSR count). The minimum Gasteiger partial charge on any atom is -0.386 e. The van der Waals surface area contributed by atoms with Crippen LogP contribution in [-0.4, -0.2) is 18.3 Å². The Balaban J connectivity index is 2.33. The quantitative estimate of drug-likeness (QED) is 0.709. The molecule has 0 saturated carbocycles. The fourth-order valence-electron chi connectivity index (χ4n) is 1.95. The van der Waals surface area contributed by atoms with Gasteiger partial charge >= 0.3 is 0 Å². The van der Waals surface area contributed by atoms with Crippen molar-refractivity contribution in [2.24, 2.45) is 0 Å². The molecule has 0 spiro atoms. The molecule has 2 atom stereocenters. The predicted molar refractivity (Wildman–Crippen MR) is 50.5 cm³/mol. The highest BCUT2D eigenvalue weighted by Crippen LogP contribution is 2.30. The predicted octanol–water partition coefficient (Wildman–Crippen LogP) is 1.68. The third-order valence-corrected chi connectivity index (χ3v) is 2.73. The number of aliphatic hydroxyl groups is 1. The monoisotopic (exact) mass is 178 g/mol. The standard InChI is InChI=1S/C11H14O2/c1-13-10-7-6-8-4-2-3-5-9(8)11(10)12/h2-5,10-12H,6-7H2,1H3. The van der Waals surface area contributed by atoms with Crippen molar-refractivity contribution >= 4 is 0 Å². The molecule has 0 fully saturated rings. The summed E-state index contributed by atoms with van der Waals surface area (Å²) in [5.74, 6) is 0. The lowest BCUT2D eigenvalue weighted by molar-refractivity contribution is -0.0236. The molecule has 0 saturated heterocycles. The van der Waals surface area contributed by atoms with Crippen molar-refractivity contribution in [3.8, 4) is 0 Å². The lowest BCUT2D eigenvalue weighted by Gasteiger charge is -2.28. The molecular weight excluding hydrogens is 164 g/mol. The lowest BCUT2D eigenvalue weighted by Crippen LogP contribution is -2.26. The van der Waals surface area contributed by atoms with E-state index in [1.165, 1.54) is 5.56 Å². The van der Waals surface area contributed by atoms with Gasteiger partial charge in [0.05, 0.1) is 6.10 Å². The third kappa shape index (κ3) is 1.47. The second-order valence-electron chi connectivity index (χ2n) is 3.46. The smallest absolute Gasteiger partial charge is 0.105 e. The summed E-state index contributed by atoms with van der Waals surface area (Å²) in [5, 5.41) is 9.90. The largest absolute Gasteiger partial charge is 0.386 e. The minimum atomic E-state index is -0.449. The normalized spacial score (nSPS) is 26.9. The van der Waals surface area contributed by atoms with Crippen LogP contribution in [-0.2, 0) is 11.2 Å². The van der Waals surface area contributed by atoms with E-state index in [2.05, 4.69) is 6.07 Å². The first-order chi connectivity index (χ1) is 6.33. The van der Waals surface area contributed by atoms with E-state index in [-0.39, 0.29) is 6.10 Å². The van der Waals surface area contributed by atoms with E-state index in [0.717, 1.165) is 18.4 Å². The highest BCUT2D eigenvalue weighted by Gasteiger charge is 2.26. The summed E-state index contributed by atoms with van der Waals surface area (Å²) >= 11 is 0. The molecule has 1 aromatic carbocycles. The van der Waals surface area contributed by atoms with Gasteiger partial charge < -0.3 is 9.84 Å². The molecule has 2 unspecified atom stereocenters. The summed E-state index contributed by atoms with van der Waals surface area (Å²) in [6.07, 6.45) is 1.44. The molecule has 70 valence electrons. The zero-order valence-corrected chi connectivity index (χ0v) is 7.73. The molecule has 0 bridgehead atoms. The molecule has 0 amide bonds. The number of benzene rings is 1. The van der Waals surface area contributed by atoms with Gasteiger partial charge in [0.25, 0.3) is 0 Å². The maximum Gasteiger partial charge on any atom is 0.105 e. The summed E-state index contributed by atoms with van der Waals surface area (Å²) in [6.45, 7) is 0. The Morgan fingerprint density at radius 1 is 1.38 bits per heavy atom. The van der Waals surface area contributed by atoms with Gasteiger partial charge in [-0.05, 0) is 24.0 Å². The van der Waals surface area contributed by atoms with Gasteiger partial charge in [0.1, 0.15) is 6.10 Å². The van der Waals surface area contributed by atoms with E-state index in [4.69, 9.17) is 4.74 Å². The van der Waals surface area contributed by atoms with Crippen molar-refractivity contribution in [3.63, 3.8) is 0 Å². The molecule has 13 heavy (non-hydrogen) atoms. The van der Waals surface area contributed by atoms with E-state index in [0.29, 0.717) is 0 Å². The molecule has 0 aliphatic heterocycles. The van der Waals surface area contributed by atoms with Crippen LogP contribution in [0.25, 0.3) is 0 Å². The van der Waals surface area contributed by atoms with Crippen molar-refractivity contribution in [2.45, 2.75) is 25.0 Å². The van der Waals surface area contributed by atoms with E-state index in [1.54, 1.807) is 7.11 Å². The summed E-state index contributed by atoms with van der Waals surface area (Å²) in [4.78, 5) is 0. The summed E-state index contributed by atoms with van der Waals surface area (Å²) in [7, 11) is 1.65. The molecule has 0 radical (unpaired) electrons. The fourth-order valence-corrected chi connectivity index (χ4v) is 1.95. The Kier molecular flexibility index (Phi) is 2.34. The molecule has 0 aromatic heterocycles. The van der Waals surface area contributed by atoms with Gasteiger partial charge in [0, 0.05) is 7.11 Å². The minimum absolute atomic E-state index is 0.0325. The van der Waals surface area contributed by atoms with Gasteiger partial charge in [-0.1, -0.05) is 24.3 Å². The van der Waals surface area contributed by atoms with Crippen molar-refractivity contribution in [1.29, 1.82) is 0 Å². The van der Waals surface area contributed by atoms with E-state index in [1.807, 2.05) is 18.2 Å². The second kappa shape index (κ2) is 3.48. The van der Waals surface area contributed by atoms with Crippen LogP contribution in [0.4, 0.5) is 0 Å². The lowest BCUT2D eigenvalue weighted by atomic mass is 9.87. The summed E-state index contributed by atoms with van der Waals surface area (Å²) in [6, 6.07) is 8.02. The van der Waals surface area contributed by atoms with Crippen molar-refractivity contribution in [3.05, 3.63) is 35.4 Å². The number of ether oxygens (including phenoxy) is 1. The molecule has 2 nitrogen and oxygen atoms in total. The number of hydrogen-bond donors (Lipinski definition) is 1. The molecule has 2 heteroatoms. The van der Waals surface area contributed by atoms with Crippen molar-refractivity contribution < 1.29 is 9.84 Å². The van der Waals surface area contributed by atoms with Crippen LogP contribution in [0, 0.1) is 0 Å². The third-order valence-electron chi connectivity index (χ3n) is 2.73. The maximum absolute atomic E-state index is 9.90. The van der Waals surface area contributed by atoms with Crippen molar-refractivity contribution in [1.82, 2.24) is 0 Å². The zero-order valence-electron chi connectivity index (χ0n) is 7.73. The molecule has 1 aliphatic carbocycles. The molecule has 0 heterocycles. The molecule has 1 aliphatic rings. The summed E-state index contributed by atoms with van der Waals surface area (Å²) in [5.41, 5.74) is 2.28. The van der Waals surface area contributed by atoms with Crippen LogP contribution < -0.4 is 0 Å². The average Bonchev–Trinajstić information content (AvgIpc) is 2.19. The first-order valence-electron chi connectivity index (χ1n) is 4.61. The van der Waals surface area contributed by atoms with Gasteiger partial charge in [0.2, 0.25) is 0 Å². The van der Waals surface area contributed by atoms with Crippen LogP contribution in [0.15, 0.2) is 24.3 Å². The van der Waals surface area contributed by atoms with Crippen molar-refractivity contribution in [2.75, 3.05) is 7.11 Å². The van der Waals surface area contributed by atoms with Gasteiger partial charge in [-0.25, -0.2) is 0 Å². The number of rotatable bonds is 1. The molecule has 1 aromatic rings. The number of fused-ring (bicyclic) bond motifs is 1. The Morgan fingerprint density at radius 2 is 2.15 bits per heavy atom. The van der Waals surface area contributed by atoms with Gasteiger partial charge in [-0.15, -0.1) is 0 Å². The Hall–Kier alpha value is -0.860. The van der Waals surface area contributed by atoms with Crippen LogP contribution in [0.5, 0.6) is 0 Å². The summed E-state index contributed by atoms with van der Waals surface area (Å²) < 4.78 is 5.21. The number of hydrogen-bond acceptors (Lipinski definition) is 2. The number of methoxy groups -OCH3 is 1. The van der Waals surface area contributed by atoms with Crippen LogP contribution >= 0.6 is 0 Å². The number of aryl methyl sites for hydroxylation is 1. The first-order valence-corrected chi connectivity index (χ1v) is 4.61. The maximum atomic E-state index is 9.90. The van der Waals surface area contributed by atoms with E-state index < -0.39 is 6.10 Å². The highest BCUT2D eigenvalue weighted by atomic mass is 16.5. The topological polar surface area (TPSA) is 29.5 Å². The van der Waals surface area contributed by atoms with Crippen LogP contribution in [0.3, 0.4) is 0 Å². The molecular formula is C11H14O2. The van der Waals surface area contributed by atoms with Gasteiger partial charge in [-0.2, -0.15) is 0 Å². The van der Waals surface area contributed by atoms with Crippen LogP contribution in [0.1, 0.15) is 23.7 Å². The van der Waals surface area contributed by atoms with Gasteiger partial charge in [-0.3, -0.25) is 0 Å². The van der Waals surface area contributed by atoms with E-state index in [9.17, 15) is 5.11 Å². The first kappa shape index (κ1) is 8.73. The zero-order chi connectivity index (χ0) is 9.26. The Morgan fingerprint density at radius 3 is 2.92 bits per heavy atom. The Labute approximate surface area is 78.2 Å². The number of aliphatic hydroxyl groups excluding tert-OH is 1. The fraction of sp³-hybridized carbons (Fsp3) is 0.455. The highest BCUT2D eigenvalue weighted by molar-refractivity contribution is 5.32. The second-order valence-corrected chi connectivity index (χ2v) is 3.46. The van der Waals surface area contributed by atoms with Crippen LogP contribution in [0.2, 0.25) is 0 Å². The molecule has 1 N–H and O–H groups in total. The average molecular weight is 178 g/mol.